The van der Waals surface area contributed by atoms with E-state index in [1.165, 1.54) is 12.1 Å². The fraction of sp³-hybridized carbons (Fsp3) is 0.0714. The van der Waals surface area contributed by atoms with Gasteiger partial charge in [0.25, 0.3) is 0 Å². The fourth-order valence-electron chi connectivity index (χ4n) is 2.07. The van der Waals surface area contributed by atoms with E-state index in [4.69, 9.17) is 27.6 Å². The van der Waals surface area contributed by atoms with E-state index in [9.17, 15) is 23.2 Å². The monoisotopic (exact) mass is 408 g/mol. The average molecular weight is 409 g/mol. The van der Waals surface area contributed by atoms with Crippen LogP contribution < -0.4 is 15.2 Å². The van der Waals surface area contributed by atoms with Crippen LogP contribution in [0.5, 0.6) is 5.75 Å². The number of nitrogens with zero attached hydrogens (tertiary/aromatic N) is 3. The quantitative estimate of drug-likeness (QED) is 0.531. The summed E-state index contributed by atoms with van der Waals surface area (Å²) < 4.78 is 47.0. The lowest BCUT2D eigenvalue weighted by molar-refractivity contribution is -0.904. The highest BCUT2D eigenvalue weighted by atomic mass is 35.5. The van der Waals surface area contributed by atoms with Crippen molar-refractivity contribution in [2.24, 2.45) is 0 Å². The number of halogens is 5. The second-order valence-electron chi connectivity index (χ2n) is 4.84. The van der Waals surface area contributed by atoms with Crippen LogP contribution in [0.3, 0.4) is 0 Å². The molecule has 0 spiro atoms. The highest BCUT2D eigenvalue weighted by Crippen LogP contribution is 2.28. The molecular formula is C14H7Cl2F3N3O4+. The topological polar surface area (TPSA) is 81.4 Å². The van der Waals surface area contributed by atoms with Crippen LogP contribution in [0.15, 0.2) is 45.9 Å². The molecule has 0 bridgehead atoms. The van der Waals surface area contributed by atoms with Gasteiger partial charge in [-0.3, -0.25) is 5.21 Å². The summed E-state index contributed by atoms with van der Waals surface area (Å²) in [7, 11) is 0. The zero-order valence-electron chi connectivity index (χ0n) is 12.4. The second-order valence-corrected chi connectivity index (χ2v) is 5.66. The first-order valence-electron chi connectivity index (χ1n) is 6.70. The Bertz CT molecular complexity index is 1010. The van der Waals surface area contributed by atoms with Crippen LogP contribution in [0.25, 0.3) is 17.1 Å². The molecule has 2 heterocycles. The number of benzene rings is 1. The van der Waals surface area contributed by atoms with Crippen molar-refractivity contribution in [3.8, 4) is 22.9 Å². The first-order valence-corrected chi connectivity index (χ1v) is 7.46. The minimum absolute atomic E-state index is 0.0583. The number of hydrogen-bond acceptors (Lipinski definition) is 5. The van der Waals surface area contributed by atoms with Gasteiger partial charge in [-0.05, 0) is 18.2 Å². The summed E-state index contributed by atoms with van der Waals surface area (Å²) in [5.41, 5.74) is -0.00988. The van der Waals surface area contributed by atoms with Crippen LogP contribution in [0.1, 0.15) is 0 Å². The first kappa shape index (κ1) is 18.1. The van der Waals surface area contributed by atoms with Crippen molar-refractivity contribution in [1.82, 2.24) is 9.78 Å². The molecule has 0 aliphatic heterocycles. The van der Waals surface area contributed by atoms with E-state index in [1.807, 2.05) is 0 Å². The number of hydrogen-bond donors (Lipinski definition) is 1. The largest absolute Gasteiger partial charge is 0.573 e. The molecule has 136 valence electrons. The van der Waals surface area contributed by atoms with Gasteiger partial charge in [0.05, 0.1) is 0 Å². The van der Waals surface area contributed by atoms with Crippen molar-refractivity contribution in [3.05, 3.63) is 57.3 Å². The zero-order chi connectivity index (χ0) is 19.1. The zero-order valence-corrected chi connectivity index (χ0v) is 13.9. The molecular weight excluding hydrogens is 402 g/mol. The molecule has 0 amide bonds. The Morgan fingerprint density at radius 1 is 1.23 bits per heavy atom. The average Bonchev–Trinajstić information content (AvgIpc) is 2.87. The van der Waals surface area contributed by atoms with Gasteiger partial charge in [0.2, 0.25) is 18.3 Å². The second kappa shape index (κ2) is 6.54. The van der Waals surface area contributed by atoms with Crippen LogP contribution in [0.4, 0.5) is 13.2 Å². The lowest BCUT2D eigenvalue weighted by atomic mass is 10.2. The third kappa shape index (κ3) is 3.75. The molecule has 0 fully saturated rings. The Morgan fingerprint density at radius 3 is 2.50 bits per heavy atom. The molecule has 1 N–H and O–H groups in total. The van der Waals surface area contributed by atoms with E-state index < -0.39 is 17.9 Å². The van der Waals surface area contributed by atoms with E-state index in [0.29, 0.717) is 4.73 Å². The van der Waals surface area contributed by atoms with Gasteiger partial charge in [-0.1, -0.05) is 29.3 Å². The van der Waals surface area contributed by atoms with E-state index in [1.54, 1.807) is 0 Å². The van der Waals surface area contributed by atoms with Crippen molar-refractivity contribution in [2.75, 3.05) is 0 Å². The summed E-state index contributed by atoms with van der Waals surface area (Å²) in [6.07, 6.45) is -2.76. The van der Waals surface area contributed by atoms with E-state index in [2.05, 4.69) is 9.84 Å². The standard InChI is InChI=1S/C14H7Cl2F3N3O4/c15-9-5-21(24)6-10(16)11(9)22-13(23)25-12(20-22)7-2-1-3-8(4-7)26-14(17,18)19/h1-6,24H/q+1. The Morgan fingerprint density at radius 2 is 1.88 bits per heavy atom. The van der Waals surface area contributed by atoms with Crippen molar-refractivity contribution in [2.45, 2.75) is 6.36 Å². The van der Waals surface area contributed by atoms with Gasteiger partial charge in [-0.15, -0.1) is 18.3 Å². The third-order valence-electron chi connectivity index (χ3n) is 3.02. The van der Waals surface area contributed by atoms with Crippen LogP contribution in [0.2, 0.25) is 10.0 Å². The van der Waals surface area contributed by atoms with Crippen LogP contribution >= 0.6 is 23.2 Å². The molecule has 0 aliphatic carbocycles. The van der Waals surface area contributed by atoms with Gasteiger partial charge in [-0.2, -0.15) is 4.68 Å². The smallest absolute Gasteiger partial charge is 0.406 e. The molecule has 3 aromatic rings. The molecule has 0 saturated heterocycles. The molecule has 7 nitrogen and oxygen atoms in total. The summed E-state index contributed by atoms with van der Waals surface area (Å²) in [6.45, 7) is 0. The van der Waals surface area contributed by atoms with Crippen molar-refractivity contribution in [3.63, 3.8) is 0 Å². The fourth-order valence-corrected chi connectivity index (χ4v) is 2.68. The van der Waals surface area contributed by atoms with Crippen LogP contribution in [-0.4, -0.2) is 21.4 Å². The molecule has 2 aromatic heterocycles. The molecule has 26 heavy (non-hydrogen) atoms. The Balaban J connectivity index is 2.05. The highest BCUT2D eigenvalue weighted by molar-refractivity contribution is 6.37. The predicted molar refractivity (Wildman–Crippen MR) is 81.6 cm³/mol. The molecule has 0 atom stereocenters. The Hall–Kier alpha value is -2.72. The molecule has 0 aliphatic rings. The highest BCUT2D eigenvalue weighted by Gasteiger charge is 2.31. The van der Waals surface area contributed by atoms with Gasteiger partial charge in [0.1, 0.15) is 21.5 Å². The summed E-state index contributed by atoms with van der Waals surface area (Å²) in [5, 5.41) is 13.0. The molecule has 0 radical (unpaired) electrons. The minimum atomic E-state index is -4.87. The summed E-state index contributed by atoms with van der Waals surface area (Å²) >= 11 is 11.9. The van der Waals surface area contributed by atoms with E-state index >= 15 is 0 Å². The van der Waals surface area contributed by atoms with Gasteiger partial charge >= 0.3 is 12.1 Å². The van der Waals surface area contributed by atoms with Gasteiger partial charge in [0.15, 0.2) is 0 Å². The lowest BCUT2D eigenvalue weighted by Crippen LogP contribution is -2.30. The Kier molecular flexibility index (Phi) is 4.55. The van der Waals surface area contributed by atoms with Gasteiger partial charge in [0, 0.05) is 10.3 Å². The maximum atomic E-state index is 12.3. The normalized spacial score (nSPS) is 11.6. The molecule has 0 unspecified atom stereocenters. The van der Waals surface area contributed by atoms with E-state index in [-0.39, 0.29) is 27.2 Å². The van der Waals surface area contributed by atoms with Crippen molar-refractivity contribution in [1.29, 1.82) is 0 Å². The number of ether oxygens (including phenoxy) is 1. The van der Waals surface area contributed by atoms with Gasteiger partial charge in [-0.25, -0.2) is 4.79 Å². The van der Waals surface area contributed by atoms with Crippen molar-refractivity contribution < 1.29 is 32.3 Å². The molecule has 0 saturated carbocycles. The Labute approximate surface area is 152 Å². The molecule has 1 aromatic carbocycles. The third-order valence-corrected chi connectivity index (χ3v) is 3.57. The maximum Gasteiger partial charge on any atom is 0.573 e. The van der Waals surface area contributed by atoms with E-state index in [0.717, 1.165) is 29.2 Å². The molecule has 12 heteroatoms. The lowest BCUT2D eigenvalue weighted by Gasteiger charge is -2.08. The van der Waals surface area contributed by atoms with Crippen molar-refractivity contribution >= 4 is 23.2 Å². The van der Waals surface area contributed by atoms with Crippen LogP contribution in [-0.2, 0) is 0 Å². The maximum absolute atomic E-state index is 12.3. The first-order chi connectivity index (χ1) is 12.1. The SMILES string of the molecule is O=c1oc(-c2cccc(OC(F)(F)F)c2)nn1-c1c(Cl)c[n+](O)cc1Cl. The minimum Gasteiger partial charge on any atom is -0.406 e. The van der Waals surface area contributed by atoms with Gasteiger partial charge < -0.3 is 9.15 Å². The number of rotatable bonds is 3. The number of pyridine rings is 1. The number of aromatic nitrogens is 3. The predicted octanol–water partition coefficient (Wildman–Crippen LogP) is 3.22. The number of alkyl halides is 3. The summed E-state index contributed by atoms with van der Waals surface area (Å²) in [5.74, 6) is -1.78. The summed E-state index contributed by atoms with van der Waals surface area (Å²) in [6, 6.07) is 4.72. The molecule has 3 rings (SSSR count). The summed E-state index contributed by atoms with van der Waals surface area (Å²) in [4.78, 5) is 12.1. The van der Waals surface area contributed by atoms with Crippen LogP contribution in [0, 0.1) is 0 Å².